The molecule has 0 fully saturated rings. The van der Waals surface area contributed by atoms with Gasteiger partial charge in [0.15, 0.2) is 0 Å². The maximum Gasteiger partial charge on any atom is 0.326 e. The molecule has 0 aliphatic rings. The van der Waals surface area contributed by atoms with Crippen molar-refractivity contribution in [3.05, 3.63) is 65.9 Å². The zero-order valence-corrected chi connectivity index (χ0v) is 25.4. The second kappa shape index (κ2) is 16.0. The summed E-state index contributed by atoms with van der Waals surface area (Å²) in [7, 11) is 0. The molecule has 4 atom stereocenters. The van der Waals surface area contributed by atoms with Gasteiger partial charge in [-0.15, -0.1) is 0 Å². The minimum absolute atomic E-state index is 0.0215. The van der Waals surface area contributed by atoms with E-state index in [1.807, 2.05) is 50.6 Å². The smallest absolute Gasteiger partial charge is 0.326 e. The molecule has 12 heteroatoms. The van der Waals surface area contributed by atoms with Gasteiger partial charge in [0, 0.05) is 23.5 Å². The fourth-order valence-corrected chi connectivity index (χ4v) is 5.20. The van der Waals surface area contributed by atoms with Gasteiger partial charge in [-0.2, -0.15) is 11.8 Å². The molecular weight excluding hydrogens is 570 g/mol. The van der Waals surface area contributed by atoms with Crippen molar-refractivity contribution in [3.63, 3.8) is 0 Å². The molecule has 2 aromatic carbocycles. The Labute approximate surface area is 255 Å². The van der Waals surface area contributed by atoms with Gasteiger partial charge in [0.2, 0.25) is 17.7 Å². The summed E-state index contributed by atoms with van der Waals surface area (Å²) < 4.78 is 0. The van der Waals surface area contributed by atoms with Gasteiger partial charge >= 0.3 is 5.97 Å². The number of aromatic hydroxyl groups is 1. The molecular formula is C31H41N5O6S. The number of hydrogen-bond acceptors (Lipinski definition) is 7. The number of aromatic amines is 1. The minimum Gasteiger partial charge on any atom is -0.508 e. The lowest BCUT2D eigenvalue weighted by Crippen LogP contribution is -2.58. The second-order valence-electron chi connectivity index (χ2n) is 11.0. The molecule has 3 amide bonds. The Bertz CT molecular complexity index is 1390. The highest BCUT2D eigenvalue weighted by molar-refractivity contribution is 7.98. The Kier molecular flexibility index (Phi) is 12.4. The second-order valence-corrected chi connectivity index (χ2v) is 12.0. The zero-order chi connectivity index (χ0) is 31.5. The number of nitrogens with two attached hydrogens (primary N) is 1. The Balaban J connectivity index is 1.76. The Morgan fingerprint density at radius 3 is 2.16 bits per heavy atom. The molecule has 0 aliphatic carbocycles. The van der Waals surface area contributed by atoms with Crippen LogP contribution in [0, 0.1) is 5.92 Å². The normalized spacial score (nSPS) is 14.1. The monoisotopic (exact) mass is 611 g/mol. The number of benzene rings is 2. The molecule has 11 nitrogen and oxygen atoms in total. The third-order valence-electron chi connectivity index (χ3n) is 7.03. The Morgan fingerprint density at radius 2 is 1.51 bits per heavy atom. The molecule has 1 heterocycles. The van der Waals surface area contributed by atoms with Gasteiger partial charge < -0.3 is 36.9 Å². The summed E-state index contributed by atoms with van der Waals surface area (Å²) >= 11 is 1.46. The van der Waals surface area contributed by atoms with Crippen molar-refractivity contribution in [2.24, 2.45) is 11.7 Å². The van der Waals surface area contributed by atoms with Gasteiger partial charge in [-0.3, -0.25) is 14.4 Å². The minimum atomic E-state index is -1.17. The summed E-state index contributed by atoms with van der Waals surface area (Å²) in [6, 6.07) is 9.65. The van der Waals surface area contributed by atoms with Crippen LogP contribution in [0.15, 0.2) is 54.7 Å². The predicted molar refractivity (Wildman–Crippen MR) is 168 cm³/mol. The van der Waals surface area contributed by atoms with Gasteiger partial charge in [-0.25, -0.2) is 4.79 Å². The van der Waals surface area contributed by atoms with E-state index >= 15 is 0 Å². The lowest BCUT2D eigenvalue weighted by molar-refractivity contribution is -0.142. The number of aliphatic carboxylic acids is 1. The molecule has 0 saturated heterocycles. The number of phenols is 1. The molecule has 4 unspecified atom stereocenters. The van der Waals surface area contributed by atoms with Crippen LogP contribution in [0.4, 0.5) is 0 Å². The highest BCUT2D eigenvalue weighted by Crippen LogP contribution is 2.19. The summed E-state index contributed by atoms with van der Waals surface area (Å²) in [5, 5.41) is 28.3. The topological polar surface area (TPSA) is 187 Å². The number of thioether (sulfide) groups is 1. The van der Waals surface area contributed by atoms with Crippen LogP contribution in [-0.4, -0.2) is 75.1 Å². The zero-order valence-electron chi connectivity index (χ0n) is 24.6. The van der Waals surface area contributed by atoms with E-state index in [1.165, 1.54) is 23.9 Å². The molecule has 0 aliphatic heterocycles. The maximum absolute atomic E-state index is 13.6. The fraction of sp³-hybridized carbons (Fsp3) is 0.419. The lowest BCUT2D eigenvalue weighted by atomic mass is 9.99. The van der Waals surface area contributed by atoms with Crippen molar-refractivity contribution < 1.29 is 29.4 Å². The summed E-state index contributed by atoms with van der Waals surface area (Å²) in [6.45, 7) is 3.81. The van der Waals surface area contributed by atoms with Crippen molar-refractivity contribution in [2.45, 2.75) is 63.7 Å². The molecule has 0 radical (unpaired) electrons. The standard InChI is InChI=1S/C31H41N5O6S/c1-18(2)14-26(35-28(38)23(32)16-20-17-33-24-7-5-4-6-22(20)24)29(39)36-27(15-19-8-10-21(37)11-9-19)30(40)34-25(31(41)42)12-13-43-3/h4-11,17-18,23,25-27,33,37H,12-16,32H2,1-3H3,(H,34,40)(H,35,38)(H,36,39)(H,41,42). The summed E-state index contributed by atoms with van der Waals surface area (Å²) in [6.07, 6.45) is 4.44. The van der Waals surface area contributed by atoms with E-state index in [0.717, 1.165) is 16.5 Å². The van der Waals surface area contributed by atoms with Crippen LogP contribution in [0.3, 0.4) is 0 Å². The van der Waals surface area contributed by atoms with Crippen LogP contribution < -0.4 is 21.7 Å². The van der Waals surface area contributed by atoms with Gasteiger partial charge in [0.05, 0.1) is 6.04 Å². The fourth-order valence-electron chi connectivity index (χ4n) is 4.73. The molecule has 0 bridgehead atoms. The van der Waals surface area contributed by atoms with E-state index in [2.05, 4.69) is 20.9 Å². The van der Waals surface area contributed by atoms with Gasteiger partial charge in [-0.1, -0.05) is 44.2 Å². The number of phenolic OH excluding ortho intramolecular Hbond substituents is 1. The number of nitrogens with one attached hydrogen (secondary N) is 4. The lowest BCUT2D eigenvalue weighted by Gasteiger charge is -2.26. The van der Waals surface area contributed by atoms with E-state index in [1.54, 1.807) is 12.1 Å². The Morgan fingerprint density at radius 1 is 0.884 bits per heavy atom. The molecule has 232 valence electrons. The number of amides is 3. The number of rotatable bonds is 16. The quantitative estimate of drug-likeness (QED) is 0.129. The maximum atomic E-state index is 13.6. The molecule has 3 aromatic rings. The van der Waals surface area contributed by atoms with Crippen LogP contribution in [-0.2, 0) is 32.0 Å². The van der Waals surface area contributed by atoms with E-state index < -0.39 is 47.9 Å². The molecule has 3 rings (SSSR count). The number of hydrogen-bond donors (Lipinski definition) is 7. The van der Waals surface area contributed by atoms with Crippen molar-refractivity contribution >= 4 is 46.4 Å². The SMILES string of the molecule is CSCCC(NC(=O)C(Cc1ccc(O)cc1)NC(=O)C(CC(C)C)NC(=O)C(N)Cc1c[nH]c2ccccc12)C(=O)O. The van der Waals surface area contributed by atoms with Crippen LogP contribution in [0.1, 0.15) is 37.8 Å². The van der Waals surface area contributed by atoms with E-state index in [9.17, 15) is 29.4 Å². The van der Waals surface area contributed by atoms with Gasteiger partial charge in [0.1, 0.15) is 23.9 Å². The summed E-state index contributed by atoms with van der Waals surface area (Å²) in [5.74, 6) is -2.35. The first kappa shape index (κ1) is 33.5. The number of para-hydroxylation sites is 1. The van der Waals surface area contributed by atoms with Crippen molar-refractivity contribution in [1.82, 2.24) is 20.9 Å². The third kappa shape index (κ3) is 10.0. The number of carboxylic acid groups (broad SMARTS) is 1. The largest absolute Gasteiger partial charge is 0.508 e. The van der Waals surface area contributed by atoms with Crippen molar-refractivity contribution in [2.75, 3.05) is 12.0 Å². The summed E-state index contributed by atoms with van der Waals surface area (Å²) in [5.41, 5.74) is 8.71. The Hall–Kier alpha value is -4.03. The number of carbonyl (C=O) groups is 4. The van der Waals surface area contributed by atoms with Gasteiger partial charge in [-0.05, 0) is 66.5 Å². The van der Waals surface area contributed by atoms with Gasteiger partial charge in [0.25, 0.3) is 0 Å². The number of carboxylic acids is 1. The first-order chi connectivity index (χ1) is 20.5. The van der Waals surface area contributed by atoms with Crippen LogP contribution in [0.2, 0.25) is 0 Å². The first-order valence-electron chi connectivity index (χ1n) is 14.2. The average Bonchev–Trinajstić information content (AvgIpc) is 3.37. The molecule has 0 spiro atoms. The number of carbonyl (C=O) groups excluding carboxylic acids is 3. The van der Waals surface area contributed by atoms with Crippen LogP contribution in [0.25, 0.3) is 10.9 Å². The number of fused-ring (bicyclic) bond motifs is 1. The third-order valence-corrected chi connectivity index (χ3v) is 7.67. The molecule has 8 N–H and O–H groups in total. The number of H-pyrrole nitrogens is 1. The average molecular weight is 612 g/mol. The van der Waals surface area contributed by atoms with Crippen molar-refractivity contribution in [3.8, 4) is 5.75 Å². The first-order valence-corrected chi connectivity index (χ1v) is 15.6. The highest BCUT2D eigenvalue weighted by Gasteiger charge is 2.31. The highest BCUT2D eigenvalue weighted by atomic mass is 32.2. The molecule has 43 heavy (non-hydrogen) atoms. The van der Waals surface area contributed by atoms with Crippen molar-refractivity contribution in [1.29, 1.82) is 0 Å². The molecule has 0 saturated carbocycles. The summed E-state index contributed by atoms with van der Waals surface area (Å²) in [4.78, 5) is 55.0. The van der Waals surface area contributed by atoms with Crippen LogP contribution in [0.5, 0.6) is 5.75 Å². The number of aromatic nitrogens is 1. The van der Waals surface area contributed by atoms with E-state index in [0.29, 0.717) is 11.3 Å². The van der Waals surface area contributed by atoms with Crippen LogP contribution >= 0.6 is 11.8 Å². The molecule has 1 aromatic heterocycles. The predicted octanol–water partition coefficient (Wildman–Crippen LogP) is 2.32. The van der Waals surface area contributed by atoms with E-state index in [4.69, 9.17) is 5.73 Å². The van der Waals surface area contributed by atoms with E-state index in [-0.39, 0.29) is 37.4 Å².